The van der Waals surface area contributed by atoms with Crippen LogP contribution in [0, 0.1) is 10.1 Å². The quantitative estimate of drug-likeness (QED) is 0.231. The summed E-state index contributed by atoms with van der Waals surface area (Å²) in [7, 11) is 0. The average Bonchev–Trinajstić information content (AvgIpc) is 1.38. The third-order valence-electron chi connectivity index (χ3n) is 0.258. The maximum Gasteiger partial charge on any atom is 0.329 e. The van der Waals surface area contributed by atoms with Crippen molar-refractivity contribution in [1.29, 1.82) is 0 Å². The highest BCUT2D eigenvalue weighted by atomic mass is 27.0. The Kier molecular flexibility index (Phi) is 2.16. The van der Waals surface area contributed by atoms with Gasteiger partial charge in [-0.1, -0.05) is 0 Å². The van der Waals surface area contributed by atoms with Crippen molar-refractivity contribution in [3.63, 3.8) is 0 Å². The van der Waals surface area contributed by atoms with Gasteiger partial charge in [0.25, 0.3) is 0 Å². The lowest BCUT2D eigenvalue weighted by Gasteiger charge is -1.74. The molecule has 0 aromatic rings. The van der Waals surface area contributed by atoms with E-state index in [9.17, 15) is 10.1 Å². The van der Waals surface area contributed by atoms with Crippen LogP contribution in [0.4, 0.5) is 0 Å². The second kappa shape index (κ2) is 2.19. The summed E-state index contributed by atoms with van der Waals surface area (Å²) in [4.78, 5) is 8.90. The standard InChI is InChI=1S/CH2NO2.Al.2H/c1-2(3)4;;;/h1H2;;;. The zero-order valence-electron chi connectivity index (χ0n) is 2.97. The molecule has 0 N–H and O–H groups in total. The predicted octanol–water partition coefficient (Wildman–Crippen LogP) is -1.15. The van der Waals surface area contributed by atoms with E-state index < -0.39 is 0 Å². The van der Waals surface area contributed by atoms with Gasteiger partial charge in [-0.05, 0) is 0 Å². The maximum absolute atomic E-state index is 9.21. The van der Waals surface area contributed by atoms with Crippen LogP contribution in [0.1, 0.15) is 0 Å². The van der Waals surface area contributed by atoms with Gasteiger partial charge < -0.3 is 0 Å². The Labute approximate surface area is 37.6 Å². The van der Waals surface area contributed by atoms with Gasteiger partial charge in [-0.3, -0.25) is 10.1 Å². The van der Waals surface area contributed by atoms with Crippen molar-refractivity contribution < 1.29 is 4.92 Å². The number of nitrogens with zero attached hydrogens (tertiary/aromatic N) is 1. The molecule has 0 rings (SSSR count). The van der Waals surface area contributed by atoms with E-state index in [1.165, 1.54) is 0 Å². The van der Waals surface area contributed by atoms with Crippen LogP contribution in [0.25, 0.3) is 0 Å². The summed E-state index contributed by atoms with van der Waals surface area (Å²) >= 11 is 0.674. The molecule has 0 radical (unpaired) electrons. The molecule has 0 heterocycles. The summed E-state index contributed by atoms with van der Waals surface area (Å²) in [5, 5.41) is 9.38. The first-order chi connectivity index (χ1) is 2.27. The number of hydrogen-bond acceptors (Lipinski definition) is 2. The van der Waals surface area contributed by atoms with Crippen LogP contribution in [0.3, 0.4) is 0 Å². The molecule has 28 valence electrons. The van der Waals surface area contributed by atoms with Gasteiger partial charge in [-0.2, -0.15) is 0 Å². The van der Waals surface area contributed by atoms with Crippen LogP contribution in [-0.4, -0.2) is 26.6 Å². The van der Waals surface area contributed by atoms with E-state index in [0.717, 1.165) is 0 Å². The van der Waals surface area contributed by atoms with Gasteiger partial charge in [0.2, 0.25) is 0 Å². The molecule has 4 heteroatoms. The summed E-state index contributed by atoms with van der Waals surface area (Å²) in [6.45, 7) is 0. The van der Waals surface area contributed by atoms with Crippen LogP contribution in [0.2, 0.25) is 0 Å². The predicted molar refractivity (Wildman–Crippen MR) is 20.4 cm³/mol. The van der Waals surface area contributed by atoms with Gasteiger partial charge in [-0.15, -0.1) is 0 Å². The molecule has 0 amide bonds. The first-order valence-corrected chi connectivity index (χ1v) is 2.80. The minimum Gasteiger partial charge on any atom is -0.266 e. The van der Waals surface area contributed by atoms with Crippen molar-refractivity contribution in [2.45, 2.75) is 0 Å². The molecule has 0 unspecified atom stereocenters. The van der Waals surface area contributed by atoms with Crippen molar-refractivity contribution >= 4 is 16.3 Å². The second-order valence-electron chi connectivity index (χ2n) is 0.649. The van der Waals surface area contributed by atoms with Crippen LogP contribution >= 0.6 is 0 Å². The molecule has 5 heavy (non-hydrogen) atoms. The summed E-state index contributed by atoms with van der Waals surface area (Å²) < 4.78 is 0. The highest BCUT2D eigenvalue weighted by molar-refractivity contribution is 6.07. The zero-order chi connectivity index (χ0) is 4.28. The maximum atomic E-state index is 9.21. The number of hydrogen-bond donors (Lipinski definition) is 0. The molecule has 0 aromatic heterocycles. The molecule has 0 saturated heterocycles. The van der Waals surface area contributed by atoms with Crippen molar-refractivity contribution in [2.24, 2.45) is 0 Å². The van der Waals surface area contributed by atoms with Gasteiger partial charge in [0.1, 0.15) is 5.41 Å². The molecule has 3 nitrogen and oxygen atoms in total. The summed E-state index contributed by atoms with van der Waals surface area (Å²) in [6, 6.07) is 0. The van der Waals surface area contributed by atoms with E-state index in [4.69, 9.17) is 0 Å². The SMILES string of the molecule is O=[N+]([O-])[CH2][AlH2]. The highest BCUT2D eigenvalue weighted by Crippen LogP contribution is 1.52. The van der Waals surface area contributed by atoms with E-state index >= 15 is 0 Å². The minimum absolute atomic E-state index is 0.167. The Morgan fingerprint density at radius 1 is 2.00 bits per heavy atom. The highest BCUT2D eigenvalue weighted by Gasteiger charge is 1.78. The smallest absolute Gasteiger partial charge is 0.266 e. The van der Waals surface area contributed by atoms with Crippen molar-refractivity contribution in [1.82, 2.24) is 0 Å². The molecule has 0 fully saturated rings. The molecule has 0 spiro atoms. The summed E-state index contributed by atoms with van der Waals surface area (Å²) in [5.41, 5.74) is 0. The van der Waals surface area contributed by atoms with Crippen molar-refractivity contribution in [2.75, 3.05) is 5.41 Å². The van der Waals surface area contributed by atoms with E-state index in [0.29, 0.717) is 16.3 Å². The third kappa shape index (κ3) is 3.93. The molecule has 0 atom stereocenters. The molecular weight excluding hydrogens is 85.0 g/mol. The monoisotopic (exact) mass is 89.0 g/mol. The van der Waals surface area contributed by atoms with Crippen LogP contribution in [0.5, 0.6) is 0 Å². The molecule has 0 aromatic carbocycles. The van der Waals surface area contributed by atoms with E-state index in [-0.39, 0.29) is 10.3 Å². The van der Waals surface area contributed by atoms with Gasteiger partial charge in [0.15, 0.2) is 0 Å². The number of nitro groups is 1. The van der Waals surface area contributed by atoms with E-state index in [1.807, 2.05) is 0 Å². The lowest BCUT2D eigenvalue weighted by molar-refractivity contribution is -0.459. The van der Waals surface area contributed by atoms with E-state index in [1.54, 1.807) is 0 Å². The fourth-order valence-electron chi connectivity index (χ4n) is 0. The fraction of sp³-hybridized carbons (Fsp3) is 1.00. The first kappa shape index (κ1) is 4.93. The first-order valence-electron chi connectivity index (χ1n) is 1.39. The fourth-order valence-corrected chi connectivity index (χ4v) is 0. The molecule has 0 bridgehead atoms. The third-order valence-corrected chi connectivity index (χ3v) is 0.775. The largest absolute Gasteiger partial charge is 0.329 e. The van der Waals surface area contributed by atoms with Crippen LogP contribution in [-0.2, 0) is 0 Å². The molecule has 0 aliphatic heterocycles. The van der Waals surface area contributed by atoms with Gasteiger partial charge in [-0.25, -0.2) is 0 Å². The van der Waals surface area contributed by atoms with Gasteiger partial charge in [0.05, 0.1) is 0 Å². The Morgan fingerprint density at radius 3 is 2.20 bits per heavy atom. The van der Waals surface area contributed by atoms with Crippen LogP contribution in [0.15, 0.2) is 0 Å². The minimum atomic E-state index is -0.313. The second-order valence-corrected chi connectivity index (χ2v) is 1.28. The Balaban J connectivity index is 2.85. The lowest BCUT2D eigenvalue weighted by atomic mass is 11.5. The lowest BCUT2D eigenvalue weighted by Crippen LogP contribution is -1.97. The molecule has 0 saturated carbocycles. The van der Waals surface area contributed by atoms with Crippen molar-refractivity contribution in [3.05, 3.63) is 10.1 Å². The summed E-state index contributed by atoms with van der Waals surface area (Å²) in [5.74, 6) is 0. The summed E-state index contributed by atoms with van der Waals surface area (Å²) in [6.07, 6.45) is 0. The average molecular weight is 89.0 g/mol. The van der Waals surface area contributed by atoms with Crippen LogP contribution < -0.4 is 0 Å². The molecule has 0 aliphatic rings. The zero-order valence-corrected chi connectivity index (χ0v) is 4.97. The van der Waals surface area contributed by atoms with E-state index in [2.05, 4.69) is 0 Å². The molecular formula is CH4AlNO2. The Morgan fingerprint density at radius 2 is 2.20 bits per heavy atom. The van der Waals surface area contributed by atoms with Gasteiger partial charge >= 0.3 is 16.3 Å². The normalized spacial score (nSPS) is 7.20. The topological polar surface area (TPSA) is 43.1 Å². The number of rotatable bonds is 1. The van der Waals surface area contributed by atoms with Gasteiger partial charge in [0, 0.05) is 4.92 Å². The van der Waals surface area contributed by atoms with Crippen molar-refractivity contribution in [3.8, 4) is 0 Å². The Hall–Kier alpha value is -0.0675. The Bertz CT molecular complexity index is 44.9. The molecule has 0 aliphatic carbocycles.